The number of piperazine rings is 1. The molecule has 6 heteroatoms. The van der Waals surface area contributed by atoms with Crippen LogP contribution in [0.5, 0.6) is 0 Å². The number of hydrogen-bond donors (Lipinski definition) is 2. The Balaban J connectivity index is 1.41. The molecule has 0 bridgehead atoms. The van der Waals surface area contributed by atoms with E-state index in [0.717, 1.165) is 32.7 Å². The average molecular weight is 366 g/mol. The first-order valence-corrected chi connectivity index (χ1v) is 9.29. The van der Waals surface area contributed by atoms with Crippen LogP contribution in [-0.4, -0.2) is 54.3 Å². The summed E-state index contributed by atoms with van der Waals surface area (Å²) in [6, 6.07) is 17.3. The number of nitrogens with one attached hydrogen (secondary N) is 1. The standard InChI is InChI=1S/C21H26N4O2/c22-21(27)18-8-4-5-9-19(18)23-20(26)10-11-24-12-14-25(15-13-24)16-17-6-2-1-3-7-17/h1-9H,10-16H2,(H2,22,27)(H,23,26). The fraction of sp³-hybridized carbons (Fsp3) is 0.333. The predicted octanol–water partition coefficient (Wildman–Crippen LogP) is 1.93. The lowest BCUT2D eigenvalue weighted by Crippen LogP contribution is -2.46. The van der Waals surface area contributed by atoms with Crippen molar-refractivity contribution in [3.05, 3.63) is 65.7 Å². The van der Waals surface area contributed by atoms with Crippen molar-refractivity contribution in [1.29, 1.82) is 0 Å². The quantitative estimate of drug-likeness (QED) is 0.785. The molecule has 0 radical (unpaired) electrons. The van der Waals surface area contributed by atoms with Crippen LogP contribution in [0.3, 0.4) is 0 Å². The number of carbonyl (C=O) groups excluding carboxylic acids is 2. The highest BCUT2D eigenvalue weighted by Crippen LogP contribution is 2.15. The van der Waals surface area contributed by atoms with E-state index in [1.165, 1.54) is 5.56 Å². The van der Waals surface area contributed by atoms with Gasteiger partial charge in [0.15, 0.2) is 0 Å². The molecule has 0 aromatic heterocycles. The minimum absolute atomic E-state index is 0.101. The molecule has 6 nitrogen and oxygen atoms in total. The Bertz CT molecular complexity index is 771. The number of amides is 2. The molecule has 1 fully saturated rings. The number of para-hydroxylation sites is 1. The van der Waals surface area contributed by atoms with Crippen molar-refractivity contribution in [2.45, 2.75) is 13.0 Å². The van der Waals surface area contributed by atoms with Crippen molar-refractivity contribution in [2.24, 2.45) is 5.73 Å². The van der Waals surface area contributed by atoms with Crippen molar-refractivity contribution in [2.75, 3.05) is 38.0 Å². The lowest BCUT2D eigenvalue weighted by molar-refractivity contribution is -0.116. The summed E-state index contributed by atoms with van der Waals surface area (Å²) >= 11 is 0. The van der Waals surface area contributed by atoms with Gasteiger partial charge >= 0.3 is 0 Å². The monoisotopic (exact) mass is 366 g/mol. The summed E-state index contributed by atoms with van der Waals surface area (Å²) in [5.41, 5.74) is 7.49. The summed E-state index contributed by atoms with van der Waals surface area (Å²) in [4.78, 5) is 28.4. The summed E-state index contributed by atoms with van der Waals surface area (Å²) in [6.07, 6.45) is 0.395. The van der Waals surface area contributed by atoms with Gasteiger partial charge in [0.2, 0.25) is 5.91 Å². The van der Waals surface area contributed by atoms with Gasteiger partial charge in [0.05, 0.1) is 11.3 Å². The van der Waals surface area contributed by atoms with Gasteiger partial charge in [-0.1, -0.05) is 42.5 Å². The maximum Gasteiger partial charge on any atom is 0.250 e. The zero-order valence-corrected chi connectivity index (χ0v) is 15.4. The first-order valence-electron chi connectivity index (χ1n) is 9.29. The van der Waals surface area contributed by atoms with Crippen LogP contribution in [-0.2, 0) is 11.3 Å². The number of carbonyl (C=O) groups is 2. The third kappa shape index (κ3) is 5.64. The molecule has 3 rings (SSSR count). The van der Waals surface area contributed by atoms with Crippen LogP contribution >= 0.6 is 0 Å². The molecule has 0 spiro atoms. The molecule has 0 unspecified atom stereocenters. The number of nitrogens with two attached hydrogens (primary N) is 1. The molecule has 142 valence electrons. The van der Waals surface area contributed by atoms with E-state index in [4.69, 9.17) is 5.73 Å². The predicted molar refractivity (Wildman–Crippen MR) is 106 cm³/mol. The molecule has 0 saturated carbocycles. The number of hydrogen-bond acceptors (Lipinski definition) is 4. The molecule has 1 aliphatic rings. The highest BCUT2D eigenvalue weighted by molar-refractivity contribution is 6.02. The second kappa shape index (κ2) is 9.30. The molecule has 0 atom stereocenters. The van der Waals surface area contributed by atoms with E-state index in [0.29, 0.717) is 24.2 Å². The van der Waals surface area contributed by atoms with Crippen LogP contribution in [0.15, 0.2) is 54.6 Å². The molecule has 2 amide bonds. The Labute approximate surface area is 159 Å². The van der Waals surface area contributed by atoms with Gasteiger partial charge in [0, 0.05) is 45.7 Å². The van der Waals surface area contributed by atoms with E-state index >= 15 is 0 Å². The molecule has 3 N–H and O–H groups in total. The second-order valence-corrected chi connectivity index (χ2v) is 6.81. The number of anilines is 1. The molecular weight excluding hydrogens is 340 g/mol. The van der Waals surface area contributed by atoms with Gasteiger partial charge in [-0.2, -0.15) is 0 Å². The molecule has 2 aromatic rings. The molecule has 2 aromatic carbocycles. The molecule has 1 saturated heterocycles. The fourth-order valence-electron chi connectivity index (χ4n) is 3.29. The van der Waals surface area contributed by atoms with Crippen LogP contribution in [0.1, 0.15) is 22.3 Å². The first-order chi connectivity index (χ1) is 13.1. The summed E-state index contributed by atoms with van der Waals surface area (Å²) in [7, 11) is 0. The van der Waals surface area contributed by atoms with Crippen LogP contribution in [0.4, 0.5) is 5.69 Å². The second-order valence-electron chi connectivity index (χ2n) is 6.81. The number of rotatable bonds is 7. The van der Waals surface area contributed by atoms with E-state index < -0.39 is 5.91 Å². The number of nitrogens with zero attached hydrogens (tertiary/aromatic N) is 2. The third-order valence-corrected chi connectivity index (χ3v) is 4.84. The summed E-state index contributed by atoms with van der Waals surface area (Å²) in [5, 5.41) is 2.80. The largest absolute Gasteiger partial charge is 0.366 e. The lowest BCUT2D eigenvalue weighted by atomic mass is 10.1. The van der Waals surface area contributed by atoms with Crippen molar-refractivity contribution in [1.82, 2.24) is 9.80 Å². The molecule has 1 heterocycles. The maximum atomic E-state index is 12.2. The molecular formula is C21H26N4O2. The van der Waals surface area contributed by atoms with Gasteiger partial charge in [-0.3, -0.25) is 14.5 Å². The van der Waals surface area contributed by atoms with Gasteiger partial charge in [0.25, 0.3) is 5.91 Å². The van der Waals surface area contributed by atoms with E-state index in [9.17, 15) is 9.59 Å². The van der Waals surface area contributed by atoms with E-state index in [1.54, 1.807) is 24.3 Å². The highest BCUT2D eigenvalue weighted by atomic mass is 16.2. The Hall–Kier alpha value is -2.70. The van der Waals surface area contributed by atoms with Gasteiger partial charge in [-0.05, 0) is 17.7 Å². The zero-order chi connectivity index (χ0) is 19.1. The van der Waals surface area contributed by atoms with Gasteiger partial charge in [0.1, 0.15) is 0 Å². The zero-order valence-electron chi connectivity index (χ0n) is 15.4. The van der Waals surface area contributed by atoms with E-state index in [-0.39, 0.29) is 5.91 Å². The number of primary amides is 1. The Morgan fingerprint density at radius 1 is 0.889 bits per heavy atom. The Kier molecular flexibility index (Phi) is 6.57. The van der Waals surface area contributed by atoms with E-state index in [1.807, 2.05) is 6.07 Å². The topological polar surface area (TPSA) is 78.7 Å². The average Bonchev–Trinajstić information content (AvgIpc) is 2.68. The first kappa shape index (κ1) is 19.1. The van der Waals surface area contributed by atoms with Crippen LogP contribution in [0.25, 0.3) is 0 Å². The maximum absolute atomic E-state index is 12.2. The van der Waals surface area contributed by atoms with Crippen molar-refractivity contribution in [3.8, 4) is 0 Å². The lowest BCUT2D eigenvalue weighted by Gasteiger charge is -2.34. The fourth-order valence-corrected chi connectivity index (χ4v) is 3.29. The van der Waals surface area contributed by atoms with Crippen molar-refractivity contribution >= 4 is 17.5 Å². The van der Waals surface area contributed by atoms with Crippen LogP contribution in [0, 0.1) is 0 Å². The summed E-state index contributed by atoms with van der Waals surface area (Å²) in [5.74, 6) is -0.643. The van der Waals surface area contributed by atoms with E-state index in [2.05, 4.69) is 39.4 Å². The van der Waals surface area contributed by atoms with Crippen molar-refractivity contribution < 1.29 is 9.59 Å². The number of benzene rings is 2. The highest BCUT2D eigenvalue weighted by Gasteiger charge is 2.18. The normalized spacial score (nSPS) is 15.4. The smallest absolute Gasteiger partial charge is 0.250 e. The molecule has 27 heavy (non-hydrogen) atoms. The molecule has 0 aliphatic carbocycles. The van der Waals surface area contributed by atoms with Crippen molar-refractivity contribution in [3.63, 3.8) is 0 Å². The SMILES string of the molecule is NC(=O)c1ccccc1NC(=O)CCN1CCN(Cc2ccccc2)CC1. The van der Waals surface area contributed by atoms with Gasteiger partial charge in [-0.15, -0.1) is 0 Å². The summed E-state index contributed by atoms with van der Waals surface area (Å²) in [6.45, 7) is 5.60. The summed E-state index contributed by atoms with van der Waals surface area (Å²) < 4.78 is 0. The van der Waals surface area contributed by atoms with Gasteiger partial charge < -0.3 is 16.0 Å². The minimum atomic E-state index is -0.541. The van der Waals surface area contributed by atoms with Crippen LogP contribution in [0.2, 0.25) is 0 Å². The Morgan fingerprint density at radius 3 is 2.22 bits per heavy atom. The van der Waals surface area contributed by atoms with Crippen LogP contribution < -0.4 is 11.1 Å². The van der Waals surface area contributed by atoms with Gasteiger partial charge in [-0.25, -0.2) is 0 Å². The molecule has 1 aliphatic heterocycles. The third-order valence-electron chi connectivity index (χ3n) is 4.84. The minimum Gasteiger partial charge on any atom is -0.366 e. The Morgan fingerprint density at radius 2 is 1.52 bits per heavy atom.